The maximum Gasteiger partial charge on any atom is 0.187 e. The van der Waals surface area contributed by atoms with Crippen molar-refractivity contribution in [1.29, 1.82) is 0 Å². The van der Waals surface area contributed by atoms with E-state index >= 15 is 0 Å². The van der Waals surface area contributed by atoms with E-state index in [2.05, 4.69) is 0 Å². The smallest absolute Gasteiger partial charge is 0.187 e. The molecule has 3 saturated heterocycles. The molecule has 0 radical (unpaired) electrons. The lowest BCUT2D eigenvalue weighted by Crippen LogP contribution is -2.66. The zero-order valence-electron chi connectivity index (χ0n) is 17.7. The molecule has 34 heavy (non-hydrogen) atoms. The molecule has 3 fully saturated rings. The van der Waals surface area contributed by atoms with E-state index in [4.69, 9.17) is 23.7 Å². The molecule has 3 heterocycles. The number of rotatable bonds is 7. The minimum Gasteiger partial charge on any atom is -0.394 e. The van der Waals surface area contributed by atoms with Crippen molar-refractivity contribution >= 4 is 22.6 Å². The number of alkyl halides is 1. The standard InChI is InChI=1S/C18H31IO15/c19-1-4-14(33-17-12(27)8(23)7(22)5(2-20)32-17)10(25)13(28)18(31-4)34-15-6(3-21)30-16(29)11(26)9(15)24/h4-18,20-29H,1-3H2/t4-,5-,6-,7-,8+,9-,10-,11-,12-,13-,14-,15-,16?,17-,18-/m1/s1. The van der Waals surface area contributed by atoms with Gasteiger partial charge in [0, 0.05) is 4.43 Å². The highest BCUT2D eigenvalue weighted by molar-refractivity contribution is 14.1. The summed E-state index contributed by atoms with van der Waals surface area (Å²) in [5.41, 5.74) is 0. The third-order valence-corrected chi connectivity index (χ3v) is 6.93. The molecule has 16 heteroatoms. The number of halogens is 1. The van der Waals surface area contributed by atoms with Crippen LogP contribution in [0.4, 0.5) is 0 Å². The molecule has 15 atom stereocenters. The Labute approximate surface area is 207 Å². The molecule has 200 valence electrons. The molecule has 0 aromatic carbocycles. The van der Waals surface area contributed by atoms with Crippen molar-refractivity contribution in [2.45, 2.75) is 92.1 Å². The van der Waals surface area contributed by atoms with E-state index in [-0.39, 0.29) is 4.43 Å². The van der Waals surface area contributed by atoms with Crippen LogP contribution in [0, 0.1) is 0 Å². The lowest BCUT2D eigenvalue weighted by atomic mass is 9.96. The summed E-state index contributed by atoms with van der Waals surface area (Å²) in [4.78, 5) is 0. The highest BCUT2D eigenvalue weighted by Gasteiger charge is 2.53. The first-order valence-electron chi connectivity index (χ1n) is 10.5. The molecule has 0 bridgehead atoms. The van der Waals surface area contributed by atoms with Crippen molar-refractivity contribution in [1.82, 2.24) is 0 Å². The van der Waals surface area contributed by atoms with E-state index < -0.39 is 105 Å². The monoisotopic (exact) mass is 614 g/mol. The minimum absolute atomic E-state index is 0.151. The molecule has 3 rings (SSSR count). The largest absolute Gasteiger partial charge is 0.394 e. The van der Waals surface area contributed by atoms with E-state index in [0.717, 1.165) is 0 Å². The van der Waals surface area contributed by atoms with Crippen LogP contribution in [-0.4, -0.2) is 161 Å². The van der Waals surface area contributed by atoms with Gasteiger partial charge in [-0.1, -0.05) is 22.6 Å². The molecule has 0 aliphatic carbocycles. The first-order chi connectivity index (χ1) is 16.0. The quantitative estimate of drug-likeness (QED) is 0.0947. The predicted octanol–water partition coefficient (Wildman–Crippen LogP) is -6.13. The van der Waals surface area contributed by atoms with Gasteiger partial charge in [-0.3, -0.25) is 0 Å². The van der Waals surface area contributed by atoms with Crippen molar-refractivity contribution in [3.63, 3.8) is 0 Å². The molecule has 0 aromatic heterocycles. The third-order valence-electron chi connectivity index (χ3n) is 6.06. The van der Waals surface area contributed by atoms with Crippen molar-refractivity contribution in [2.75, 3.05) is 17.6 Å². The predicted molar refractivity (Wildman–Crippen MR) is 113 cm³/mol. The van der Waals surface area contributed by atoms with Gasteiger partial charge in [0.1, 0.15) is 67.1 Å². The van der Waals surface area contributed by atoms with Crippen molar-refractivity contribution in [3.05, 3.63) is 0 Å². The minimum atomic E-state index is -1.80. The second kappa shape index (κ2) is 12.1. The summed E-state index contributed by atoms with van der Waals surface area (Å²) in [7, 11) is 0. The van der Waals surface area contributed by atoms with E-state index in [1.165, 1.54) is 0 Å². The number of hydrogen-bond acceptors (Lipinski definition) is 15. The number of aliphatic hydroxyl groups excluding tert-OH is 10. The van der Waals surface area contributed by atoms with Crippen molar-refractivity contribution in [3.8, 4) is 0 Å². The zero-order valence-corrected chi connectivity index (χ0v) is 19.8. The van der Waals surface area contributed by atoms with Gasteiger partial charge in [-0.15, -0.1) is 0 Å². The van der Waals surface area contributed by atoms with E-state index in [9.17, 15) is 51.1 Å². The summed E-state index contributed by atoms with van der Waals surface area (Å²) in [5.74, 6) is 0. The summed E-state index contributed by atoms with van der Waals surface area (Å²) >= 11 is 1.89. The van der Waals surface area contributed by atoms with Crippen LogP contribution in [0.5, 0.6) is 0 Å². The van der Waals surface area contributed by atoms with E-state index in [1.54, 1.807) is 0 Å². The van der Waals surface area contributed by atoms with Gasteiger partial charge in [-0.2, -0.15) is 0 Å². The van der Waals surface area contributed by atoms with Crippen LogP contribution in [0.2, 0.25) is 0 Å². The Morgan fingerprint density at radius 3 is 1.53 bits per heavy atom. The van der Waals surface area contributed by atoms with Crippen LogP contribution in [0.15, 0.2) is 0 Å². The Kier molecular flexibility index (Phi) is 10.2. The van der Waals surface area contributed by atoms with Gasteiger partial charge >= 0.3 is 0 Å². The fourth-order valence-corrected chi connectivity index (χ4v) is 4.74. The molecule has 0 spiro atoms. The Morgan fingerprint density at radius 2 is 1.00 bits per heavy atom. The lowest BCUT2D eigenvalue weighted by Gasteiger charge is -2.47. The van der Waals surface area contributed by atoms with Gasteiger partial charge in [0.25, 0.3) is 0 Å². The summed E-state index contributed by atoms with van der Waals surface area (Å²) in [6, 6.07) is 0. The highest BCUT2D eigenvalue weighted by atomic mass is 127. The molecule has 15 nitrogen and oxygen atoms in total. The van der Waals surface area contributed by atoms with Gasteiger partial charge < -0.3 is 74.7 Å². The highest BCUT2D eigenvalue weighted by Crippen LogP contribution is 2.32. The molecule has 0 amide bonds. The van der Waals surface area contributed by atoms with Crippen molar-refractivity contribution in [2.24, 2.45) is 0 Å². The van der Waals surface area contributed by atoms with Gasteiger partial charge in [0.2, 0.25) is 0 Å². The Morgan fingerprint density at radius 1 is 0.529 bits per heavy atom. The molecule has 1 unspecified atom stereocenters. The summed E-state index contributed by atoms with van der Waals surface area (Å²) in [6.07, 6.45) is -23.4. The normalized spacial score (nSPS) is 52.5. The fourth-order valence-electron chi connectivity index (χ4n) is 4.03. The van der Waals surface area contributed by atoms with Crippen molar-refractivity contribution < 1.29 is 74.7 Å². The van der Waals surface area contributed by atoms with Crippen LogP contribution in [0.3, 0.4) is 0 Å². The van der Waals surface area contributed by atoms with Crippen LogP contribution in [-0.2, 0) is 23.7 Å². The van der Waals surface area contributed by atoms with Crippen LogP contribution >= 0.6 is 22.6 Å². The average Bonchev–Trinajstić information content (AvgIpc) is 2.83. The SMILES string of the molecule is OC[C@H]1O[C@H](O[C@H]2[C@H](O)[C@@H](O)[C@@H](O[C@H]3[C@H](O)[C@@H](O)C(O)O[C@@H]3CO)O[C@@H]2CI)[C@H](O)[C@@H](O)[C@@H]1O. The Balaban J connectivity index is 1.72. The molecular formula is C18H31IO15. The average molecular weight is 614 g/mol. The van der Waals surface area contributed by atoms with Crippen LogP contribution < -0.4 is 0 Å². The molecule has 10 N–H and O–H groups in total. The Hall–Kier alpha value is 0.130. The lowest BCUT2D eigenvalue weighted by molar-refractivity contribution is -0.373. The second-order valence-electron chi connectivity index (χ2n) is 8.31. The summed E-state index contributed by atoms with van der Waals surface area (Å²) in [6.45, 7) is -1.41. The fraction of sp³-hybridized carbons (Fsp3) is 1.00. The number of ether oxygens (including phenoxy) is 5. The van der Waals surface area contributed by atoms with Crippen LogP contribution in [0.25, 0.3) is 0 Å². The maximum atomic E-state index is 10.7. The molecule has 3 aliphatic heterocycles. The van der Waals surface area contributed by atoms with E-state index in [1.807, 2.05) is 22.6 Å². The van der Waals surface area contributed by atoms with Gasteiger partial charge in [-0.05, 0) is 0 Å². The maximum absolute atomic E-state index is 10.7. The molecule has 0 saturated carbocycles. The van der Waals surface area contributed by atoms with Crippen LogP contribution in [0.1, 0.15) is 0 Å². The van der Waals surface area contributed by atoms with Gasteiger partial charge in [0.15, 0.2) is 18.9 Å². The van der Waals surface area contributed by atoms with E-state index in [0.29, 0.717) is 0 Å². The first kappa shape index (κ1) is 28.7. The van der Waals surface area contributed by atoms with Gasteiger partial charge in [0.05, 0.1) is 19.3 Å². The second-order valence-corrected chi connectivity index (χ2v) is 9.19. The topological polar surface area (TPSA) is 248 Å². The molecular weight excluding hydrogens is 583 g/mol. The molecule has 0 aromatic rings. The van der Waals surface area contributed by atoms with Gasteiger partial charge in [-0.25, -0.2) is 0 Å². The summed E-state index contributed by atoms with van der Waals surface area (Å²) < 4.78 is 27.2. The number of hydrogen-bond donors (Lipinski definition) is 10. The Bertz CT molecular complexity index is 640. The summed E-state index contributed by atoms with van der Waals surface area (Å²) in [5, 5.41) is 99.9. The first-order valence-corrected chi connectivity index (χ1v) is 12.1. The third kappa shape index (κ3) is 5.67. The number of aliphatic hydroxyl groups is 10. The molecule has 3 aliphatic rings. The zero-order chi connectivity index (χ0) is 25.3.